The summed E-state index contributed by atoms with van der Waals surface area (Å²) in [4.78, 5) is 15.9. The van der Waals surface area contributed by atoms with Crippen LogP contribution in [0.25, 0.3) is 0 Å². The third-order valence-corrected chi connectivity index (χ3v) is 8.27. The van der Waals surface area contributed by atoms with E-state index in [1.807, 2.05) is 18.4 Å². The van der Waals surface area contributed by atoms with Crippen LogP contribution in [0.4, 0.5) is 8.78 Å². The van der Waals surface area contributed by atoms with E-state index in [2.05, 4.69) is 41.5 Å². The first-order valence-corrected chi connectivity index (χ1v) is 16.3. The molecule has 1 amide bonds. The summed E-state index contributed by atoms with van der Waals surface area (Å²) >= 11 is 1.69. The number of rotatable bonds is 17. The zero-order valence-corrected chi connectivity index (χ0v) is 25.5. The van der Waals surface area contributed by atoms with Crippen LogP contribution in [0.3, 0.4) is 0 Å². The van der Waals surface area contributed by atoms with Gasteiger partial charge >= 0.3 is 0 Å². The molecule has 0 aliphatic carbocycles. The third-order valence-electron chi connectivity index (χ3n) is 7.63. The zero-order valence-electron chi connectivity index (χ0n) is 24.7. The van der Waals surface area contributed by atoms with Gasteiger partial charge in [-0.05, 0) is 79.4 Å². The number of aryl methyl sites for hydroxylation is 1. The number of amides is 1. The summed E-state index contributed by atoms with van der Waals surface area (Å²) in [5, 5.41) is 17.6. The highest BCUT2D eigenvalue weighted by atomic mass is 32.2. The number of halogens is 2. The number of carbonyl (C=O) groups excluding carboxylic acids is 1. The number of nitrogens with one attached hydrogen (secondary N) is 2. The number of likely N-dealkylation sites (tertiary alicyclic amines) is 1. The topological polar surface area (TPSA) is 73.8 Å². The van der Waals surface area contributed by atoms with Gasteiger partial charge in [0.15, 0.2) is 0 Å². The standard InChI is InChI=1S/C32H47F2N3O3S/c1-4-14-40-28-9-12-37(13-10-28)30(11-15-41-3)32(39)36-29(19-25-17-26(33)20-27(34)18-25)31(38)22-35-21-24-8-6-7-23(5-2)16-24/h6-8,16-18,20,28-31,35,38H,4-5,9-15,19,21-22H2,1-3H3,(H,36,39)/t29-,30-,31+/m0/s1. The summed E-state index contributed by atoms with van der Waals surface area (Å²) in [6, 6.07) is 10.5. The molecule has 1 heterocycles. The fourth-order valence-corrected chi connectivity index (χ4v) is 5.82. The predicted octanol–water partition coefficient (Wildman–Crippen LogP) is 4.72. The van der Waals surface area contributed by atoms with Gasteiger partial charge in [-0.1, -0.05) is 38.1 Å². The minimum Gasteiger partial charge on any atom is -0.390 e. The highest BCUT2D eigenvalue weighted by Crippen LogP contribution is 2.20. The summed E-state index contributed by atoms with van der Waals surface area (Å²) in [5.74, 6) is -0.701. The van der Waals surface area contributed by atoms with E-state index in [0.29, 0.717) is 18.5 Å². The molecule has 228 valence electrons. The van der Waals surface area contributed by atoms with E-state index in [9.17, 15) is 18.7 Å². The molecule has 9 heteroatoms. The molecule has 2 aromatic rings. The Bertz CT molecular complexity index is 1050. The van der Waals surface area contributed by atoms with Crippen molar-refractivity contribution in [2.45, 2.75) is 83.2 Å². The van der Waals surface area contributed by atoms with Crippen LogP contribution in [0.5, 0.6) is 0 Å². The Morgan fingerprint density at radius 1 is 1.10 bits per heavy atom. The van der Waals surface area contributed by atoms with Crippen LogP contribution in [0.15, 0.2) is 42.5 Å². The van der Waals surface area contributed by atoms with Gasteiger partial charge in [0.05, 0.1) is 24.3 Å². The number of piperidine rings is 1. The molecule has 2 aromatic carbocycles. The molecule has 3 N–H and O–H groups in total. The maximum atomic E-state index is 14.0. The molecule has 0 saturated carbocycles. The van der Waals surface area contributed by atoms with Crippen LogP contribution in [0.2, 0.25) is 0 Å². The fraction of sp³-hybridized carbons (Fsp3) is 0.594. The number of thioether (sulfide) groups is 1. The zero-order chi connectivity index (χ0) is 29.6. The first-order valence-electron chi connectivity index (χ1n) is 14.9. The summed E-state index contributed by atoms with van der Waals surface area (Å²) in [6.07, 6.45) is 5.74. The van der Waals surface area contributed by atoms with E-state index in [1.54, 1.807) is 11.8 Å². The lowest BCUT2D eigenvalue weighted by atomic mass is 9.99. The van der Waals surface area contributed by atoms with Crippen molar-refractivity contribution >= 4 is 17.7 Å². The number of hydrogen-bond acceptors (Lipinski definition) is 6. The van der Waals surface area contributed by atoms with Crippen molar-refractivity contribution < 1.29 is 23.4 Å². The van der Waals surface area contributed by atoms with E-state index in [4.69, 9.17) is 4.74 Å². The van der Waals surface area contributed by atoms with Crippen LogP contribution in [0, 0.1) is 11.6 Å². The van der Waals surface area contributed by atoms with E-state index >= 15 is 0 Å². The van der Waals surface area contributed by atoms with Crippen molar-refractivity contribution in [2.24, 2.45) is 0 Å². The first kappa shape index (κ1) is 33.5. The maximum absolute atomic E-state index is 14.0. The smallest absolute Gasteiger partial charge is 0.237 e. The van der Waals surface area contributed by atoms with Gasteiger partial charge in [-0.2, -0.15) is 11.8 Å². The van der Waals surface area contributed by atoms with Crippen molar-refractivity contribution in [3.63, 3.8) is 0 Å². The number of nitrogens with zero attached hydrogens (tertiary/aromatic N) is 1. The van der Waals surface area contributed by atoms with E-state index in [0.717, 1.165) is 62.8 Å². The second-order valence-corrected chi connectivity index (χ2v) is 11.9. The lowest BCUT2D eigenvalue weighted by Gasteiger charge is -2.37. The van der Waals surface area contributed by atoms with Gasteiger partial charge in [-0.3, -0.25) is 9.69 Å². The van der Waals surface area contributed by atoms with Crippen molar-refractivity contribution in [3.8, 4) is 0 Å². The average Bonchev–Trinajstić information content (AvgIpc) is 2.96. The van der Waals surface area contributed by atoms with E-state index in [1.165, 1.54) is 17.7 Å². The molecule has 1 aliphatic heterocycles. The molecular weight excluding hydrogens is 544 g/mol. The van der Waals surface area contributed by atoms with Gasteiger partial charge in [0, 0.05) is 38.9 Å². The van der Waals surface area contributed by atoms with Crippen LogP contribution in [0.1, 0.15) is 56.2 Å². The summed E-state index contributed by atoms with van der Waals surface area (Å²) in [5.41, 5.74) is 2.73. The first-order chi connectivity index (χ1) is 19.8. The molecule has 0 bridgehead atoms. The molecule has 0 spiro atoms. The van der Waals surface area contributed by atoms with Gasteiger partial charge in [-0.25, -0.2) is 8.78 Å². The quantitative estimate of drug-likeness (QED) is 0.247. The molecule has 1 fully saturated rings. The minimum absolute atomic E-state index is 0.108. The Morgan fingerprint density at radius 2 is 1.80 bits per heavy atom. The lowest BCUT2D eigenvalue weighted by Crippen LogP contribution is -2.56. The fourth-order valence-electron chi connectivity index (χ4n) is 5.36. The minimum atomic E-state index is -0.964. The van der Waals surface area contributed by atoms with Crippen LogP contribution in [-0.4, -0.2) is 78.5 Å². The molecule has 0 unspecified atom stereocenters. The third kappa shape index (κ3) is 11.3. The molecule has 1 saturated heterocycles. The van der Waals surface area contributed by atoms with Crippen LogP contribution in [-0.2, 0) is 28.9 Å². The summed E-state index contributed by atoms with van der Waals surface area (Å²) in [6.45, 7) is 7.26. The highest BCUT2D eigenvalue weighted by molar-refractivity contribution is 7.98. The number of hydrogen-bond donors (Lipinski definition) is 3. The largest absolute Gasteiger partial charge is 0.390 e. The summed E-state index contributed by atoms with van der Waals surface area (Å²) in [7, 11) is 0. The van der Waals surface area contributed by atoms with Gasteiger partial charge < -0.3 is 20.5 Å². The number of benzene rings is 2. The number of aliphatic hydroxyl groups is 1. The van der Waals surface area contributed by atoms with Crippen molar-refractivity contribution in [2.75, 3.05) is 38.2 Å². The van der Waals surface area contributed by atoms with Crippen molar-refractivity contribution in [1.29, 1.82) is 0 Å². The second-order valence-electron chi connectivity index (χ2n) is 10.9. The molecule has 6 nitrogen and oxygen atoms in total. The van der Waals surface area contributed by atoms with Gasteiger partial charge in [0.1, 0.15) is 11.6 Å². The molecule has 3 rings (SSSR count). The van der Waals surface area contributed by atoms with Crippen LogP contribution >= 0.6 is 11.8 Å². The summed E-state index contributed by atoms with van der Waals surface area (Å²) < 4.78 is 33.9. The van der Waals surface area contributed by atoms with Crippen LogP contribution < -0.4 is 10.6 Å². The SMILES string of the molecule is CCCOC1CCN([C@@H](CCSC)C(=O)N[C@@H](Cc2cc(F)cc(F)c2)[C@H](O)CNCc2cccc(CC)c2)CC1. The number of aliphatic hydroxyl groups excluding tert-OH is 1. The van der Waals surface area contributed by atoms with Crippen molar-refractivity contribution in [1.82, 2.24) is 15.5 Å². The Hall–Kier alpha value is -2.04. The van der Waals surface area contributed by atoms with E-state index in [-0.39, 0.29) is 31.0 Å². The average molecular weight is 592 g/mol. The number of carbonyl (C=O) groups is 1. The Kier molecular flexibility index (Phi) is 14.5. The maximum Gasteiger partial charge on any atom is 0.237 e. The molecule has 3 atom stereocenters. The number of ether oxygens (including phenoxy) is 1. The molecule has 0 aromatic heterocycles. The lowest BCUT2D eigenvalue weighted by molar-refractivity contribution is -0.129. The van der Waals surface area contributed by atoms with Crippen molar-refractivity contribution in [3.05, 3.63) is 70.8 Å². The molecule has 0 radical (unpaired) electrons. The Balaban J connectivity index is 1.70. The van der Waals surface area contributed by atoms with Gasteiger partial charge in [-0.15, -0.1) is 0 Å². The Labute approximate surface area is 248 Å². The van der Waals surface area contributed by atoms with Gasteiger partial charge in [0.25, 0.3) is 0 Å². The highest BCUT2D eigenvalue weighted by Gasteiger charge is 2.32. The predicted molar refractivity (Wildman–Crippen MR) is 163 cm³/mol. The second kappa shape index (κ2) is 17.8. The normalized spacial score (nSPS) is 16.8. The Morgan fingerprint density at radius 3 is 2.46 bits per heavy atom. The van der Waals surface area contributed by atoms with Gasteiger partial charge in [0.2, 0.25) is 5.91 Å². The monoisotopic (exact) mass is 591 g/mol. The molecular formula is C32H47F2N3O3S. The van der Waals surface area contributed by atoms with E-state index < -0.39 is 23.8 Å². The molecule has 41 heavy (non-hydrogen) atoms. The molecule has 1 aliphatic rings.